The van der Waals surface area contributed by atoms with E-state index in [0.717, 1.165) is 12.1 Å². The molecule has 0 aliphatic carbocycles. The lowest BCUT2D eigenvalue weighted by atomic mass is 10.1. The molecule has 1 heterocycles. The zero-order valence-electron chi connectivity index (χ0n) is 10.2. The van der Waals surface area contributed by atoms with E-state index in [1.165, 1.54) is 24.4 Å². The van der Waals surface area contributed by atoms with Crippen molar-refractivity contribution in [2.24, 2.45) is 0 Å². The predicted octanol–water partition coefficient (Wildman–Crippen LogP) is 4.77. The molecule has 1 amide bonds. The number of hydrogen-bond acceptors (Lipinski definition) is 2. The third-order valence-electron chi connectivity index (χ3n) is 2.49. The summed E-state index contributed by atoms with van der Waals surface area (Å²) in [5.74, 6) is -0.773. The van der Waals surface area contributed by atoms with Crippen molar-refractivity contribution in [1.29, 1.82) is 0 Å². The summed E-state index contributed by atoms with van der Waals surface area (Å²) in [6, 6.07) is 6.18. The van der Waals surface area contributed by atoms with Crippen molar-refractivity contribution in [3.8, 4) is 0 Å². The molecule has 0 saturated heterocycles. The van der Waals surface area contributed by atoms with Gasteiger partial charge in [0, 0.05) is 15.7 Å². The van der Waals surface area contributed by atoms with Gasteiger partial charge in [0.25, 0.3) is 5.91 Å². The molecule has 0 aliphatic heterocycles. The number of nitrogens with zero attached hydrogens (tertiary/aromatic N) is 1. The second-order valence-electron chi connectivity index (χ2n) is 4.00. The fraction of sp³-hybridized carbons (Fsp3) is 0.0769. The van der Waals surface area contributed by atoms with E-state index >= 15 is 0 Å². The normalized spacial score (nSPS) is 11.3. The van der Waals surface area contributed by atoms with Crippen LogP contribution in [0.4, 0.5) is 18.9 Å². The zero-order chi connectivity index (χ0) is 15.6. The molecule has 0 radical (unpaired) electrons. The molecule has 0 fully saturated rings. The summed E-state index contributed by atoms with van der Waals surface area (Å²) in [4.78, 5) is 15.7. The smallest absolute Gasteiger partial charge is 0.320 e. The van der Waals surface area contributed by atoms with E-state index in [1.54, 1.807) is 0 Å². The molecular weight excluding hydrogens is 373 g/mol. The van der Waals surface area contributed by atoms with Crippen LogP contribution in [-0.2, 0) is 6.18 Å². The number of halogens is 5. The van der Waals surface area contributed by atoms with Crippen LogP contribution < -0.4 is 5.32 Å². The Balaban J connectivity index is 2.34. The Labute approximate surface area is 131 Å². The van der Waals surface area contributed by atoms with E-state index in [1.807, 2.05) is 0 Å². The highest BCUT2D eigenvalue weighted by atomic mass is 79.9. The van der Waals surface area contributed by atoms with Gasteiger partial charge in [0.2, 0.25) is 0 Å². The van der Waals surface area contributed by atoms with Crippen molar-refractivity contribution >= 4 is 39.1 Å². The Morgan fingerprint density at radius 3 is 2.57 bits per heavy atom. The van der Waals surface area contributed by atoms with Crippen LogP contribution in [0.2, 0.25) is 5.02 Å². The summed E-state index contributed by atoms with van der Waals surface area (Å²) >= 11 is 8.68. The lowest BCUT2D eigenvalue weighted by molar-refractivity contribution is -0.136. The van der Waals surface area contributed by atoms with E-state index in [-0.39, 0.29) is 20.9 Å². The number of nitrogens with one attached hydrogen (secondary N) is 1. The molecule has 1 aromatic carbocycles. The number of rotatable bonds is 2. The van der Waals surface area contributed by atoms with Gasteiger partial charge in [0.1, 0.15) is 5.69 Å². The number of carbonyl (C=O) groups is 1. The highest BCUT2D eigenvalue weighted by Gasteiger charge is 2.34. The predicted molar refractivity (Wildman–Crippen MR) is 76.3 cm³/mol. The third kappa shape index (κ3) is 3.95. The lowest BCUT2D eigenvalue weighted by Crippen LogP contribution is -2.17. The summed E-state index contributed by atoms with van der Waals surface area (Å²) < 4.78 is 39.1. The number of carbonyl (C=O) groups excluding carboxylic acids is 1. The van der Waals surface area contributed by atoms with Crippen molar-refractivity contribution < 1.29 is 18.0 Å². The van der Waals surface area contributed by atoms with Gasteiger partial charge < -0.3 is 5.32 Å². The molecule has 21 heavy (non-hydrogen) atoms. The quantitative estimate of drug-likeness (QED) is 0.817. The van der Waals surface area contributed by atoms with E-state index in [9.17, 15) is 18.0 Å². The van der Waals surface area contributed by atoms with Gasteiger partial charge in [-0.25, -0.2) is 0 Å². The summed E-state index contributed by atoms with van der Waals surface area (Å²) in [6.45, 7) is 0. The molecule has 0 aliphatic rings. The number of pyridine rings is 1. The Morgan fingerprint density at radius 2 is 1.95 bits per heavy atom. The Hall–Kier alpha value is -1.60. The molecule has 110 valence electrons. The molecule has 2 aromatic rings. The molecule has 0 bridgehead atoms. The highest BCUT2D eigenvalue weighted by molar-refractivity contribution is 9.10. The van der Waals surface area contributed by atoms with E-state index in [0.29, 0.717) is 0 Å². The molecular formula is C13H7BrClF3N2O. The van der Waals surface area contributed by atoms with Gasteiger partial charge in [-0.3, -0.25) is 9.78 Å². The average molecular weight is 380 g/mol. The lowest BCUT2D eigenvalue weighted by Gasteiger charge is -2.14. The van der Waals surface area contributed by atoms with Crippen molar-refractivity contribution in [2.75, 3.05) is 5.32 Å². The molecule has 0 saturated carbocycles. The summed E-state index contributed by atoms with van der Waals surface area (Å²) in [5.41, 5.74) is -1.37. The molecule has 3 nitrogen and oxygen atoms in total. The van der Waals surface area contributed by atoms with Crippen LogP contribution in [0.3, 0.4) is 0 Å². The fourth-order valence-corrected chi connectivity index (χ4v) is 2.10. The first-order valence-electron chi connectivity index (χ1n) is 5.57. The zero-order valence-corrected chi connectivity index (χ0v) is 12.6. The Bertz CT molecular complexity index is 691. The molecule has 1 aromatic heterocycles. The first-order valence-corrected chi connectivity index (χ1v) is 6.74. The Kier molecular flexibility index (Phi) is 4.53. The van der Waals surface area contributed by atoms with Gasteiger partial charge >= 0.3 is 6.18 Å². The van der Waals surface area contributed by atoms with Gasteiger partial charge in [-0.2, -0.15) is 13.2 Å². The summed E-state index contributed by atoms with van der Waals surface area (Å²) in [6.07, 6.45) is -3.29. The number of anilines is 1. The molecule has 0 spiro atoms. The fourth-order valence-electron chi connectivity index (χ4n) is 1.58. The van der Waals surface area contributed by atoms with Gasteiger partial charge in [-0.05, 0) is 30.3 Å². The van der Waals surface area contributed by atoms with Gasteiger partial charge in [-0.1, -0.05) is 27.5 Å². The topological polar surface area (TPSA) is 42.0 Å². The minimum atomic E-state index is -4.59. The van der Waals surface area contributed by atoms with Crippen molar-refractivity contribution in [3.63, 3.8) is 0 Å². The van der Waals surface area contributed by atoms with Crippen molar-refractivity contribution in [2.45, 2.75) is 6.18 Å². The third-order valence-corrected chi connectivity index (χ3v) is 3.22. The van der Waals surface area contributed by atoms with E-state index in [4.69, 9.17) is 11.6 Å². The first kappa shape index (κ1) is 15.8. The molecule has 1 N–H and O–H groups in total. The maximum Gasteiger partial charge on any atom is 0.418 e. The average Bonchev–Trinajstić information content (AvgIpc) is 2.39. The van der Waals surface area contributed by atoms with Crippen molar-refractivity contribution in [1.82, 2.24) is 4.98 Å². The largest absolute Gasteiger partial charge is 0.418 e. The second kappa shape index (κ2) is 6.03. The van der Waals surface area contributed by atoms with Crippen LogP contribution >= 0.6 is 27.5 Å². The van der Waals surface area contributed by atoms with Crippen LogP contribution in [0.25, 0.3) is 0 Å². The minimum Gasteiger partial charge on any atom is -0.320 e. The number of benzene rings is 1. The molecule has 0 atom stereocenters. The summed E-state index contributed by atoms with van der Waals surface area (Å²) in [7, 11) is 0. The minimum absolute atomic E-state index is 0.0708. The molecule has 2 rings (SSSR count). The monoisotopic (exact) mass is 378 g/mol. The van der Waals surface area contributed by atoms with Crippen LogP contribution in [0.15, 0.2) is 41.0 Å². The maximum atomic E-state index is 12.9. The second-order valence-corrected chi connectivity index (χ2v) is 5.35. The molecule has 8 heteroatoms. The summed E-state index contributed by atoms with van der Waals surface area (Å²) in [5, 5.41) is 2.45. The van der Waals surface area contributed by atoms with Crippen LogP contribution in [0, 0.1) is 0 Å². The van der Waals surface area contributed by atoms with Gasteiger partial charge in [0.05, 0.1) is 11.3 Å². The standard InChI is InChI=1S/C13H7BrClF3N2O/c14-7-1-2-10(9(5-7)13(16,17)18)20-12(21)11-6-8(15)3-4-19-11/h1-6H,(H,20,21). The van der Waals surface area contributed by atoms with Crippen LogP contribution in [0.5, 0.6) is 0 Å². The van der Waals surface area contributed by atoms with E-state index in [2.05, 4.69) is 26.2 Å². The number of aromatic nitrogens is 1. The number of alkyl halides is 3. The van der Waals surface area contributed by atoms with E-state index < -0.39 is 17.6 Å². The van der Waals surface area contributed by atoms with Gasteiger partial charge in [0.15, 0.2) is 0 Å². The Morgan fingerprint density at radius 1 is 1.24 bits per heavy atom. The maximum absolute atomic E-state index is 12.9. The SMILES string of the molecule is O=C(Nc1ccc(Br)cc1C(F)(F)F)c1cc(Cl)ccn1. The highest BCUT2D eigenvalue weighted by Crippen LogP contribution is 2.36. The number of amides is 1. The van der Waals surface area contributed by atoms with Gasteiger partial charge in [-0.15, -0.1) is 0 Å². The first-order chi connectivity index (χ1) is 9.77. The number of hydrogen-bond donors (Lipinski definition) is 1. The van der Waals surface area contributed by atoms with Crippen molar-refractivity contribution in [3.05, 3.63) is 57.3 Å². The van der Waals surface area contributed by atoms with Crippen LogP contribution in [-0.4, -0.2) is 10.9 Å². The molecule has 0 unspecified atom stereocenters. The van der Waals surface area contributed by atoms with Crippen LogP contribution in [0.1, 0.15) is 16.1 Å².